The molecule has 4 N–H and O–H groups in total. The van der Waals surface area contributed by atoms with Gasteiger partial charge in [0, 0.05) is 24.5 Å². The number of carbonyl (C=O) groups is 1. The van der Waals surface area contributed by atoms with Crippen LogP contribution in [0.2, 0.25) is 0 Å². The van der Waals surface area contributed by atoms with Gasteiger partial charge in [-0.05, 0) is 48.9 Å². The van der Waals surface area contributed by atoms with Crippen LogP contribution in [0.1, 0.15) is 47.2 Å². The topological polar surface area (TPSA) is 86.2 Å². The van der Waals surface area contributed by atoms with E-state index in [1.807, 2.05) is 36.4 Å². The van der Waals surface area contributed by atoms with Crippen LogP contribution < -0.4 is 20.7 Å². The maximum absolute atomic E-state index is 13.0. The maximum atomic E-state index is 13.0. The number of nitrogens with one attached hydrogen (secondary N) is 4. The van der Waals surface area contributed by atoms with Gasteiger partial charge in [0.15, 0.2) is 5.96 Å². The van der Waals surface area contributed by atoms with Crippen LogP contribution in [0.5, 0.6) is 5.75 Å². The Morgan fingerprint density at radius 3 is 2.23 bits per heavy atom. The second-order valence-electron chi connectivity index (χ2n) is 9.16. The lowest BCUT2D eigenvalue weighted by Crippen LogP contribution is -2.49. The van der Waals surface area contributed by atoms with Crippen LogP contribution in [0.25, 0.3) is 0 Å². The molecule has 0 aliphatic heterocycles. The summed E-state index contributed by atoms with van der Waals surface area (Å²) in [5.74, 6) is 0.814. The average molecular weight is 471 g/mol. The van der Waals surface area contributed by atoms with Gasteiger partial charge in [-0.2, -0.15) is 0 Å². The molecule has 0 heterocycles. The van der Waals surface area contributed by atoms with Crippen molar-refractivity contribution < 1.29 is 9.53 Å². The first-order valence-corrected chi connectivity index (χ1v) is 12.2. The lowest BCUT2D eigenvalue weighted by Gasteiger charge is -2.41. The van der Waals surface area contributed by atoms with Gasteiger partial charge in [0.1, 0.15) is 5.75 Å². The van der Waals surface area contributed by atoms with Gasteiger partial charge in [-0.3, -0.25) is 10.2 Å². The zero-order valence-electron chi connectivity index (χ0n) is 20.2. The van der Waals surface area contributed by atoms with Crippen molar-refractivity contribution in [3.8, 4) is 5.75 Å². The third-order valence-electron chi connectivity index (χ3n) is 6.93. The number of amides is 1. The van der Waals surface area contributed by atoms with Crippen molar-refractivity contribution in [1.29, 1.82) is 5.41 Å². The molecule has 1 aliphatic carbocycles. The molecule has 1 fully saturated rings. The lowest BCUT2D eigenvalue weighted by atomic mass is 9.68. The van der Waals surface area contributed by atoms with Crippen LogP contribution in [0.15, 0.2) is 84.9 Å². The molecule has 1 saturated carbocycles. The number of hydrogen-bond donors (Lipinski definition) is 4. The number of methoxy groups -OCH3 is 1. The fourth-order valence-electron chi connectivity index (χ4n) is 4.89. The molecular weight excluding hydrogens is 436 g/mol. The van der Waals surface area contributed by atoms with E-state index in [4.69, 9.17) is 10.1 Å². The van der Waals surface area contributed by atoms with Crippen LogP contribution in [0, 0.1) is 5.41 Å². The number of carbonyl (C=O) groups excluding carboxylic acids is 1. The average Bonchev–Trinajstić information content (AvgIpc) is 2.92. The molecule has 0 unspecified atom stereocenters. The maximum Gasteiger partial charge on any atom is 0.255 e. The third-order valence-corrected chi connectivity index (χ3v) is 6.93. The summed E-state index contributed by atoms with van der Waals surface area (Å²) in [4.78, 5) is 13.0. The smallest absolute Gasteiger partial charge is 0.255 e. The summed E-state index contributed by atoms with van der Waals surface area (Å²) in [6.07, 6.45) is 3.70. The molecular formula is C29H34N4O2. The van der Waals surface area contributed by atoms with Crippen molar-refractivity contribution >= 4 is 11.9 Å². The first-order chi connectivity index (χ1) is 17.1. The van der Waals surface area contributed by atoms with Gasteiger partial charge in [0.25, 0.3) is 5.91 Å². The number of para-hydroxylation sites is 1. The Balaban J connectivity index is 1.37. The quantitative estimate of drug-likeness (QED) is 0.286. The van der Waals surface area contributed by atoms with Gasteiger partial charge in [-0.15, -0.1) is 0 Å². The molecule has 6 nitrogen and oxygen atoms in total. The SMILES string of the molecule is COc1ccccc1C(=O)NC[C@]1(c2ccccc2)CC[C@H](NC(=N)NCc2ccccc2)CC1. The molecule has 182 valence electrons. The Kier molecular flexibility index (Phi) is 8.03. The van der Waals surface area contributed by atoms with Crippen LogP contribution in [0.4, 0.5) is 0 Å². The van der Waals surface area contributed by atoms with Crippen molar-refractivity contribution in [2.75, 3.05) is 13.7 Å². The van der Waals surface area contributed by atoms with E-state index in [1.54, 1.807) is 19.2 Å². The minimum Gasteiger partial charge on any atom is -0.496 e. The zero-order chi connectivity index (χ0) is 24.5. The highest BCUT2D eigenvalue weighted by Crippen LogP contribution is 2.39. The normalized spacial score (nSPS) is 19.4. The fraction of sp³-hybridized carbons (Fsp3) is 0.310. The van der Waals surface area contributed by atoms with Gasteiger partial charge in [0.2, 0.25) is 0 Å². The summed E-state index contributed by atoms with van der Waals surface area (Å²) in [5, 5.41) is 18.0. The van der Waals surface area contributed by atoms with Crippen molar-refractivity contribution in [3.05, 3.63) is 102 Å². The first kappa shape index (κ1) is 24.3. The van der Waals surface area contributed by atoms with E-state index in [2.05, 4.69) is 52.3 Å². The molecule has 0 saturated heterocycles. The Bertz CT molecular complexity index is 1110. The number of benzene rings is 3. The minimum absolute atomic E-state index is 0.120. The van der Waals surface area contributed by atoms with E-state index in [0.29, 0.717) is 30.4 Å². The van der Waals surface area contributed by atoms with Gasteiger partial charge in [0.05, 0.1) is 12.7 Å². The monoisotopic (exact) mass is 470 g/mol. The summed E-state index contributed by atoms with van der Waals surface area (Å²) in [7, 11) is 1.58. The van der Waals surface area contributed by atoms with E-state index in [-0.39, 0.29) is 17.4 Å². The predicted octanol–water partition coefficient (Wildman–Crippen LogP) is 4.62. The fourth-order valence-corrected chi connectivity index (χ4v) is 4.89. The predicted molar refractivity (Wildman–Crippen MR) is 140 cm³/mol. The number of ether oxygens (including phenoxy) is 1. The highest BCUT2D eigenvalue weighted by molar-refractivity contribution is 5.97. The zero-order valence-corrected chi connectivity index (χ0v) is 20.2. The van der Waals surface area contributed by atoms with Crippen molar-refractivity contribution in [2.24, 2.45) is 0 Å². The molecule has 3 aromatic carbocycles. The van der Waals surface area contributed by atoms with E-state index in [9.17, 15) is 4.79 Å². The van der Waals surface area contributed by atoms with Crippen LogP contribution in [-0.4, -0.2) is 31.6 Å². The second-order valence-corrected chi connectivity index (χ2v) is 9.16. The molecule has 0 spiro atoms. The summed E-state index contributed by atoms with van der Waals surface area (Å²) < 4.78 is 5.37. The summed E-state index contributed by atoms with van der Waals surface area (Å²) in [6.45, 7) is 1.19. The van der Waals surface area contributed by atoms with E-state index in [0.717, 1.165) is 31.2 Å². The second kappa shape index (κ2) is 11.6. The first-order valence-electron chi connectivity index (χ1n) is 12.2. The van der Waals surface area contributed by atoms with E-state index < -0.39 is 0 Å². The summed E-state index contributed by atoms with van der Waals surface area (Å²) >= 11 is 0. The van der Waals surface area contributed by atoms with Crippen LogP contribution in [0.3, 0.4) is 0 Å². The third kappa shape index (κ3) is 6.21. The van der Waals surface area contributed by atoms with Crippen molar-refractivity contribution in [2.45, 2.75) is 43.7 Å². The number of rotatable bonds is 8. The Morgan fingerprint density at radius 2 is 1.54 bits per heavy atom. The molecule has 3 aromatic rings. The van der Waals surface area contributed by atoms with Crippen molar-refractivity contribution in [1.82, 2.24) is 16.0 Å². The molecule has 4 rings (SSSR count). The molecule has 0 bridgehead atoms. The molecule has 0 atom stereocenters. The van der Waals surface area contributed by atoms with Crippen LogP contribution in [-0.2, 0) is 12.0 Å². The Labute approximate surface area is 207 Å². The molecule has 0 aromatic heterocycles. The van der Waals surface area contributed by atoms with E-state index in [1.165, 1.54) is 5.56 Å². The Morgan fingerprint density at radius 1 is 0.914 bits per heavy atom. The summed E-state index contributed by atoms with van der Waals surface area (Å²) in [5.41, 5.74) is 2.80. The van der Waals surface area contributed by atoms with Crippen molar-refractivity contribution in [3.63, 3.8) is 0 Å². The molecule has 1 amide bonds. The highest BCUT2D eigenvalue weighted by Gasteiger charge is 2.37. The largest absolute Gasteiger partial charge is 0.496 e. The molecule has 35 heavy (non-hydrogen) atoms. The lowest BCUT2D eigenvalue weighted by molar-refractivity contribution is 0.0932. The molecule has 1 aliphatic rings. The standard InChI is InChI=1S/C29H34N4O2/c1-35-26-15-9-8-14-25(26)27(34)32-21-29(23-12-6-3-7-13-23)18-16-24(17-19-29)33-28(30)31-20-22-10-4-2-5-11-22/h2-15,24H,16-21H2,1H3,(H,32,34)(H3,30,31,33)/t24-,29-. The molecule has 0 radical (unpaired) electrons. The van der Waals surface area contributed by atoms with Gasteiger partial charge in [-0.25, -0.2) is 0 Å². The van der Waals surface area contributed by atoms with Gasteiger partial charge in [-0.1, -0.05) is 72.8 Å². The number of hydrogen-bond acceptors (Lipinski definition) is 3. The number of guanidine groups is 1. The van der Waals surface area contributed by atoms with Crippen LogP contribution >= 0.6 is 0 Å². The van der Waals surface area contributed by atoms with E-state index >= 15 is 0 Å². The highest BCUT2D eigenvalue weighted by atomic mass is 16.5. The van der Waals surface area contributed by atoms with Gasteiger partial charge < -0.3 is 20.7 Å². The Hall–Kier alpha value is -3.80. The summed E-state index contributed by atoms with van der Waals surface area (Å²) in [6, 6.07) is 28.1. The minimum atomic E-state index is -0.142. The van der Waals surface area contributed by atoms with Gasteiger partial charge >= 0.3 is 0 Å². The molecule has 6 heteroatoms.